The zero-order valence-corrected chi connectivity index (χ0v) is 9.57. The number of hydrogen-bond donors (Lipinski definition) is 1. The molecule has 15 heavy (non-hydrogen) atoms. The summed E-state index contributed by atoms with van der Waals surface area (Å²) in [5, 5.41) is 2.50. The summed E-state index contributed by atoms with van der Waals surface area (Å²) in [4.78, 5) is 18.2. The lowest BCUT2D eigenvalue weighted by atomic mass is 10.4. The Morgan fingerprint density at radius 3 is 2.73 bits per heavy atom. The Hall–Kier alpha value is -1.65. The Bertz CT molecular complexity index is 303. The second kappa shape index (κ2) is 7.73. The van der Waals surface area contributed by atoms with Crippen LogP contribution in [0.3, 0.4) is 0 Å². The number of carbonyl (C=O) groups excluding carboxylic acids is 1. The zero-order chi connectivity index (χ0) is 11.7. The molecule has 1 amide bonds. The van der Waals surface area contributed by atoms with Crippen molar-refractivity contribution >= 4 is 6.41 Å². The highest BCUT2D eigenvalue weighted by atomic mass is 16.5. The van der Waals surface area contributed by atoms with Gasteiger partial charge in [0.15, 0.2) is 0 Å². The maximum Gasteiger partial charge on any atom is 0.237 e. The summed E-state index contributed by atoms with van der Waals surface area (Å²) < 4.78 is 4.99. The molecule has 0 unspecified atom stereocenters. The van der Waals surface area contributed by atoms with E-state index < -0.39 is 0 Å². The number of methoxy groups -OCH3 is 1. The second-order valence-corrected chi connectivity index (χ2v) is 2.47. The van der Waals surface area contributed by atoms with Gasteiger partial charge in [0.25, 0.3) is 0 Å². The van der Waals surface area contributed by atoms with Crippen LogP contribution >= 0.6 is 0 Å². The number of nitrogens with one attached hydrogen (secondary N) is 1. The molecule has 0 aliphatic rings. The molecule has 0 radical (unpaired) electrons. The van der Waals surface area contributed by atoms with Gasteiger partial charge in [-0.15, -0.1) is 0 Å². The van der Waals surface area contributed by atoms with Gasteiger partial charge in [-0.2, -0.15) is 0 Å². The summed E-state index contributed by atoms with van der Waals surface area (Å²) in [6, 6.07) is 0. The standard InChI is InChI=1S/C8H11N3O2.C2H6/c1-6-3-10-7(4-9-5-12)8(11-6)13-2;1-2/h3,5H,4H2,1-2H3,(H,9,12);1-2H3. The molecule has 0 aliphatic carbocycles. The lowest BCUT2D eigenvalue weighted by molar-refractivity contribution is -0.109. The molecule has 5 heteroatoms. The molecule has 1 aromatic heterocycles. The highest BCUT2D eigenvalue weighted by molar-refractivity contribution is 5.46. The van der Waals surface area contributed by atoms with Gasteiger partial charge in [-0.05, 0) is 6.92 Å². The van der Waals surface area contributed by atoms with Crippen molar-refractivity contribution in [2.24, 2.45) is 0 Å². The number of amides is 1. The number of hydrogen-bond acceptors (Lipinski definition) is 4. The van der Waals surface area contributed by atoms with Gasteiger partial charge in [0.2, 0.25) is 12.3 Å². The molecule has 0 atom stereocenters. The van der Waals surface area contributed by atoms with Crippen molar-refractivity contribution in [1.82, 2.24) is 15.3 Å². The molecule has 0 bridgehead atoms. The van der Waals surface area contributed by atoms with E-state index in [1.807, 2.05) is 20.8 Å². The molecule has 0 saturated carbocycles. The number of aryl methyl sites for hydroxylation is 1. The molecule has 1 N–H and O–H groups in total. The van der Waals surface area contributed by atoms with E-state index in [0.29, 0.717) is 24.5 Å². The quantitative estimate of drug-likeness (QED) is 0.756. The lowest BCUT2D eigenvalue weighted by Crippen LogP contribution is -2.13. The van der Waals surface area contributed by atoms with Crippen molar-refractivity contribution in [2.75, 3.05) is 7.11 Å². The fourth-order valence-electron chi connectivity index (χ4n) is 0.903. The predicted molar refractivity (Wildman–Crippen MR) is 57.6 cm³/mol. The van der Waals surface area contributed by atoms with Crippen LogP contribution in [0.2, 0.25) is 0 Å². The molecule has 0 saturated heterocycles. The van der Waals surface area contributed by atoms with Crippen molar-refractivity contribution < 1.29 is 9.53 Å². The lowest BCUT2D eigenvalue weighted by Gasteiger charge is -2.05. The van der Waals surface area contributed by atoms with Crippen LogP contribution in [-0.4, -0.2) is 23.5 Å². The monoisotopic (exact) mass is 211 g/mol. The van der Waals surface area contributed by atoms with Crippen LogP contribution in [0.1, 0.15) is 25.2 Å². The molecule has 0 spiro atoms. The van der Waals surface area contributed by atoms with E-state index >= 15 is 0 Å². The summed E-state index contributed by atoms with van der Waals surface area (Å²) in [5.41, 5.74) is 1.41. The van der Waals surface area contributed by atoms with E-state index in [9.17, 15) is 4.79 Å². The van der Waals surface area contributed by atoms with Crippen LogP contribution in [0.25, 0.3) is 0 Å². The first-order valence-electron chi connectivity index (χ1n) is 4.81. The second-order valence-electron chi connectivity index (χ2n) is 2.47. The molecule has 0 aliphatic heterocycles. The van der Waals surface area contributed by atoms with Crippen LogP contribution in [0.5, 0.6) is 5.88 Å². The summed E-state index contributed by atoms with van der Waals surface area (Å²) in [6.45, 7) is 6.16. The van der Waals surface area contributed by atoms with Crippen molar-refractivity contribution in [3.05, 3.63) is 17.6 Å². The number of aromatic nitrogens is 2. The number of rotatable bonds is 4. The summed E-state index contributed by atoms with van der Waals surface area (Å²) >= 11 is 0. The molecular weight excluding hydrogens is 194 g/mol. The van der Waals surface area contributed by atoms with Crippen LogP contribution < -0.4 is 10.1 Å². The highest BCUT2D eigenvalue weighted by Gasteiger charge is 2.04. The van der Waals surface area contributed by atoms with E-state index in [0.717, 1.165) is 5.69 Å². The molecule has 5 nitrogen and oxygen atoms in total. The van der Waals surface area contributed by atoms with Crippen molar-refractivity contribution in [2.45, 2.75) is 27.3 Å². The maximum atomic E-state index is 10.0. The van der Waals surface area contributed by atoms with E-state index in [1.165, 1.54) is 7.11 Å². The minimum atomic E-state index is 0.333. The normalized spacial score (nSPS) is 8.53. The molecule has 1 rings (SSSR count). The fourth-order valence-corrected chi connectivity index (χ4v) is 0.903. The third-order valence-corrected chi connectivity index (χ3v) is 1.48. The smallest absolute Gasteiger partial charge is 0.237 e. The first-order valence-corrected chi connectivity index (χ1v) is 4.81. The zero-order valence-electron chi connectivity index (χ0n) is 9.57. The number of carbonyl (C=O) groups is 1. The Kier molecular flexibility index (Phi) is 6.88. The first kappa shape index (κ1) is 13.4. The summed E-state index contributed by atoms with van der Waals surface area (Å²) in [7, 11) is 1.52. The van der Waals surface area contributed by atoms with E-state index in [-0.39, 0.29) is 0 Å². The van der Waals surface area contributed by atoms with Gasteiger partial charge in [-0.25, -0.2) is 4.98 Å². The SMILES string of the molecule is CC.COc1nc(C)cnc1CNC=O. The molecule has 0 aromatic carbocycles. The Morgan fingerprint density at radius 1 is 1.53 bits per heavy atom. The third kappa shape index (κ3) is 4.39. The molecule has 1 aromatic rings. The molecule has 84 valence electrons. The topological polar surface area (TPSA) is 64.1 Å². The average molecular weight is 211 g/mol. The summed E-state index contributed by atoms with van der Waals surface area (Å²) in [6.07, 6.45) is 2.24. The Morgan fingerprint density at radius 2 is 2.20 bits per heavy atom. The van der Waals surface area contributed by atoms with Crippen LogP contribution in [0.15, 0.2) is 6.20 Å². The minimum Gasteiger partial charge on any atom is -0.480 e. The minimum absolute atomic E-state index is 0.333. The van der Waals surface area contributed by atoms with E-state index in [2.05, 4.69) is 15.3 Å². The van der Waals surface area contributed by atoms with Gasteiger partial charge in [-0.3, -0.25) is 9.78 Å². The Labute approximate surface area is 89.9 Å². The third-order valence-electron chi connectivity index (χ3n) is 1.48. The fraction of sp³-hybridized carbons (Fsp3) is 0.500. The predicted octanol–water partition coefficient (Wildman–Crippen LogP) is 1.07. The first-order chi connectivity index (χ1) is 7.27. The largest absolute Gasteiger partial charge is 0.480 e. The van der Waals surface area contributed by atoms with Crippen molar-refractivity contribution in [1.29, 1.82) is 0 Å². The van der Waals surface area contributed by atoms with Gasteiger partial charge in [0.1, 0.15) is 5.69 Å². The molecule has 0 fully saturated rings. The van der Waals surface area contributed by atoms with Crippen molar-refractivity contribution in [3.8, 4) is 5.88 Å². The van der Waals surface area contributed by atoms with E-state index in [1.54, 1.807) is 6.20 Å². The summed E-state index contributed by atoms with van der Waals surface area (Å²) in [5.74, 6) is 0.453. The van der Waals surface area contributed by atoms with Crippen LogP contribution in [0.4, 0.5) is 0 Å². The van der Waals surface area contributed by atoms with Crippen LogP contribution in [-0.2, 0) is 11.3 Å². The van der Waals surface area contributed by atoms with Gasteiger partial charge >= 0.3 is 0 Å². The van der Waals surface area contributed by atoms with Gasteiger partial charge in [-0.1, -0.05) is 13.8 Å². The number of ether oxygens (including phenoxy) is 1. The van der Waals surface area contributed by atoms with Crippen LogP contribution in [0, 0.1) is 6.92 Å². The molecule has 1 heterocycles. The number of nitrogens with zero attached hydrogens (tertiary/aromatic N) is 2. The van der Waals surface area contributed by atoms with E-state index in [4.69, 9.17) is 4.74 Å². The van der Waals surface area contributed by atoms with Crippen molar-refractivity contribution in [3.63, 3.8) is 0 Å². The molecular formula is C10H17N3O2. The Balaban J connectivity index is 0.000000921. The maximum absolute atomic E-state index is 10.0. The van der Waals surface area contributed by atoms with Gasteiger partial charge in [0.05, 0.1) is 19.3 Å². The average Bonchev–Trinajstić information content (AvgIpc) is 2.30. The highest BCUT2D eigenvalue weighted by Crippen LogP contribution is 2.11. The van der Waals surface area contributed by atoms with Gasteiger partial charge < -0.3 is 10.1 Å². The van der Waals surface area contributed by atoms with Gasteiger partial charge in [0, 0.05) is 6.20 Å².